The van der Waals surface area contributed by atoms with Crippen molar-refractivity contribution in [3.05, 3.63) is 58.8 Å². The molecule has 26 heavy (non-hydrogen) atoms. The van der Waals surface area contributed by atoms with Crippen LogP contribution in [0.5, 0.6) is 5.75 Å². The summed E-state index contributed by atoms with van der Waals surface area (Å²) in [5, 5.41) is 2.70. The molecule has 2 heterocycles. The summed E-state index contributed by atoms with van der Waals surface area (Å²) in [6.07, 6.45) is 0.275. The van der Waals surface area contributed by atoms with E-state index in [2.05, 4.69) is 4.98 Å². The lowest BCUT2D eigenvalue weighted by Gasteiger charge is -2.17. The van der Waals surface area contributed by atoms with E-state index in [0.29, 0.717) is 13.2 Å². The number of thiazole rings is 1. The van der Waals surface area contributed by atoms with Gasteiger partial charge in [0.05, 0.1) is 18.7 Å². The second-order valence-electron chi connectivity index (χ2n) is 6.16. The van der Waals surface area contributed by atoms with Gasteiger partial charge >= 0.3 is 0 Å². The molecule has 0 fully saturated rings. The van der Waals surface area contributed by atoms with E-state index in [1.807, 2.05) is 55.6 Å². The van der Waals surface area contributed by atoms with Crippen molar-refractivity contribution in [2.75, 3.05) is 20.2 Å². The molecule has 0 radical (unpaired) electrons. The minimum Gasteiger partial charge on any atom is -0.491 e. The first-order valence-corrected chi connectivity index (χ1v) is 9.34. The third kappa shape index (κ3) is 4.52. The van der Waals surface area contributed by atoms with Crippen LogP contribution in [0.2, 0.25) is 0 Å². The van der Waals surface area contributed by atoms with Crippen LogP contribution in [-0.2, 0) is 11.2 Å². The number of carbonyl (C=O) groups is 1. The van der Waals surface area contributed by atoms with Crippen molar-refractivity contribution in [2.45, 2.75) is 20.3 Å². The molecule has 0 aliphatic rings. The number of likely N-dealkylation sites (N-methyl/N-ethyl adjacent to an activating group) is 1. The van der Waals surface area contributed by atoms with Gasteiger partial charge in [0.25, 0.3) is 0 Å². The molecular weight excluding hydrogens is 348 g/mol. The lowest BCUT2D eigenvalue weighted by molar-refractivity contribution is -0.129. The molecule has 0 atom stereocenters. The summed E-state index contributed by atoms with van der Waals surface area (Å²) in [4.78, 5) is 18.6. The monoisotopic (exact) mass is 370 g/mol. The number of ether oxygens (including phenoxy) is 1. The number of benzene rings is 1. The summed E-state index contributed by atoms with van der Waals surface area (Å²) in [7, 11) is 1.78. The van der Waals surface area contributed by atoms with Crippen LogP contribution in [-0.4, -0.2) is 36.0 Å². The Morgan fingerprint density at radius 2 is 2.04 bits per heavy atom. The fourth-order valence-corrected chi connectivity index (χ4v) is 3.26. The Balaban J connectivity index is 1.50. The summed E-state index contributed by atoms with van der Waals surface area (Å²) < 4.78 is 11.3. The van der Waals surface area contributed by atoms with Gasteiger partial charge in [0.1, 0.15) is 18.1 Å². The minimum atomic E-state index is 0.0193. The van der Waals surface area contributed by atoms with Gasteiger partial charge in [-0.3, -0.25) is 4.79 Å². The molecule has 0 spiro atoms. The summed E-state index contributed by atoms with van der Waals surface area (Å²) >= 11 is 1.49. The predicted molar refractivity (Wildman–Crippen MR) is 103 cm³/mol. The quantitative estimate of drug-likeness (QED) is 0.628. The van der Waals surface area contributed by atoms with E-state index in [0.717, 1.165) is 33.5 Å². The van der Waals surface area contributed by atoms with Gasteiger partial charge in [0.2, 0.25) is 5.91 Å². The highest BCUT2D eigenvalue weighted by Gasteiger charge is 2.14. The number of nitrogens with zero attached hydrogens (tertiary/aromatic N) is 2. The van der Waals surface area contributed by atoms with Crippen LogP contribution in [0.4, 0.5) is 0 Å². The lowest BCUT2D eigenvalue weighted by Crippen LogP contribution is -2.32. The average Bonchev–Trinajstić information content (AvgIpc) is 3.25. The van der Waals surface area contributed by atoms with Crippen molar-refractivity contribution in [3.8, 4) is 16.5 Å². The van der Waals surface area contributed by atoms with Crippen LogP contribution in [0.3, 0.4) is 0 Å². The zero-order valence-electron chi connectivity index (χ0n) is 15.2. The normalized spacial score (nSPS) is 10.7. The SMILES string of the molecule is Cc1ccc(-c2nc(CC(=O)N(C)CCOc3ccccc3C)cs2)o1. The Morgan fingerprint density at radius 1 is 1.23 bits per heavy atom. The highest BCUT2D eigenvalue weighted by Crippen LogP contribution is 2.25. The van der Waals surface area contributed by atoms with E-state index < -0.39 is 0 Å². The van der Waals surface area contributed by atoms with E-state index in [1.165, 1.54) is 11.3 Å². The summed E-state index contributed by atoms with van der Waals surface area (Å²) in [6, 6.07) is 11.7. The van der Waals surface area contributed by atoms with Crippen LogP contribution in [0, 0.1) is 13.8 Å². The fraction of sp³-hybridized carbons (Fsp3) is 0.300. The number of carbonyl (C=O) groups excluding carboxylic acids is 1. The Kier molecular flexibility index (Phi) is 5.73. The largest absolute Gasteiger partial charge is 0.491 e. The molecule has 0 bridgehead atoms. The van der Waals surface area contributed by atoms with Gasteiger partial charge in [-0.2, -0.15) is 0 Å². The molecule has 0 aliphatic heterocycles. The Hall–Kier alpha value is -2.60. The molecule has 1 aromatic carbocycles. The molecule has 0 saturated carbocycles. The standard InChI is InChI=1S/C20H22N2O3S/c1-14-6-4-5-7-17(14)24-11-10-22(3)19(23)12-16-13-26-20(21-16)18-9-8-15(2)25-18/h4-9,13H,10-12H2,1-3H3. The van der Waals surface area contributed by atoms with Gasteiger partial charge in [-0.05, 0) is 37.6 Å². The molecule has 0 unspecified atom stereocenters. The number of hydrogen-bond donors (Lipinski definition) is 0. The van der Waals surface area contributed by atoms with Crippen LogP contribution in [0.15, 0.2) is 46.2 Å². The van der Waals surface area contributed by atoms with Crippen molar-refractivity contribution in [1.82, 2.24) is 9.88 Å². The van der Waals surface area contributed by atoms with E-state index >= 15 is 0 Å². The minimum absolute atomic E-state index is 0.0193. The Labute approximate surface area is 157 Å². The van der Waals surface area contributed by atoms with Crippen molar-refractivity contribution < 1.29 is 13.9 Å². The van der Waals surface area contributed by atoms with Crippen LogP contribution >= 0.6 is 11.3 Å². The second-order valence-corrected chi connectivity index (χ2v) is 7.02. The Morgan fingerprint density at radius 3 is 2.77 bits per heavy atom. The molecule has 0 aliphatic carbocycles. The van der Waals surface area contributed by atoms with Gasteiger partial charge in [-0.25, -0.2) is 4.98 Å². The third-order valence-electron chi connectivity index (χ3n) is 4.04. The van der Waals surface area contributed by atoms with Gasteiger partial charge in [0, 0.05) is 12.4 Å². The van der Waals surface area contributed by atoms with Crippen LogP contribution in [0.1, 0.15) is 17.0 Å². The molecule has 0 N–H and O–H groups in total. The lowest BCUT2D eigenvalue weighted by atomic mass is 10.2. The number of aromatic nitrogens is 1. The third-order valence-corrected chi connectivity index (χ3v) is 4.94. The zero-order chi connectivity index (χ0) is 18.5. The molecular formula is C20H22N2O3S. The smallest absolute Gasteiger partial charge is 0.228 e. The van der Waals surface area contributed by atoms with E-state index in [1.54, 1.807) is 11.9 Å². The fourth-order valence-electron chi connectivity index (χ4n) is 2.48. The first kappa shape index (κ1) is 18.2. The van der Waals surface area contributed by atoms with Crippen molar-refractivity contribution in [1.29, 1.82) is 0 Å². The molecule has 1 amide bonds. The maximum Gasteiger partial charge on any atom is 0.228 e. The predicted octanol–water partition coefficient (Wildman–Crippen LogP) is 4.10. The van der Waals surface area contributed by atoms with Gasteiger partial charge < -0.3 is 14.1 Å². The first-order valence-electron chi connectivity index (χ1n) is 8.46. The molecule has 3 rings (SSSR count). The average molecular weight is 370 g/mol. The number of amides is 1. The maximum absolute atomic E-state index is 12.4. The highest BCUT2D eigenvalue weighted by molar-refractivity contribution is 7.13. The molecule has 5 nitrogen and oxygen atoms in total. The maximum atomic E-state index is 12.4. The highest BCUT2D eigenvalue weighted by atomic mass is 32.1. The van der Waals surface area contributed by atoms with Gasteiger partial charge in [-0.15, -0.1) is 11.3 Å². The molecule has 6 heteroatoms. The van der Waals surface area contributed by atoms with E-state index in [4.69, 9.17) is 9.15 Å². The number of rotatable bonds is 7. The number of hydrogen-bond acceptors (Lipinski definition) is 5. The van der Waals surface area contributed by atoms with Crippen LogP contribution in [0.25, 0.3) is 10.8 Å². The summed E-state index contributed by atoms with van der Waals surface area (Å²) in [6.45, 7) is 4.89. The first-order chi connectivity index (χ1) is 12.5. The number of para-hydroxylation sites is 1. The molecule has 3 aromatic rings. The molecule has 2 aromatic heterocycles. The second kappa shape index (κ2) is 8.19. The summed E-state index contributed by atoms with van der Waals surface area (Å²) in [5.74, 6) is 2.46. The van der Waals surface area contributed by atoms with Gasteiger partial charge in [0.15, 0.2) is 10.8 Å². The number of furan rings is 1. The molecule has 136 valence electrons. The topological polar surface area (TPSA) is 55.6 Å². The van der Waals surface area contributed by atoms with Crippen molar-refractivity contribution >= 4 is 17.2 Å². The summed E-state index contributed by atoms with van der Waals surface area (Å²) in [5.41, 5.74) is 1.85. The number of aryl methyl sites for hydroxylation is 2. The van der Waals surface area contributed by atoms with E-state index in [9.17, 15) is 4.79 Å². The molecule has 0 saturated heterocycles. The van der Waals surface area contributed by atoms with Crippen LogP contribution < -0.4 is 4.74 Å². The van der Waals surface area contributed by atoms with Gasteiger partial charge in [-0.1, -0.05) is 18.2 Å². The van der Waals surface area contributed by atoms with E-state index in [-0.39, 0.29) is 12.3 Å². The van der Waals surface area contributed by atoms with Crippen molar-refractivity contribution in [2.24, 2.45) is 0 Å². The van der Waals surface area contributed by atoms with Crippen molar-refractivity contribution in [3.63, 3.8) is 0 Å². The zero-order valence-corrected chi connectivity index (χ0v) is 16.0. The Bertz CT molecular complexity index is 885.